The molecule has 2 aromatic heterocycles. The average Bonchev–Trinajstić information content (AvgIpc) is 3.28. The first-order valence-electron chi connectivity index (χ1n) is 9.92. The third-order valence-electron chi connectivity index (χ3n) is 5.11. The van der Waals surface area contributed by atoms with Crippen molar-refractivity contribution in [3.05, 3.63) is 74.6 Å². The Morgan fingerprint density at radius 2 is 1.97 bits per heavy atom. The van der Waals surface area contributed by atoms with E-state index in [1.807, 2.05) is 6.07 Å². The summed E-state index contributed by atoms with van der Waals surface area (Å²) in [5.41, 5.74) is -0.170. The van der Waals surface area contributed by atoms with E-state index in [0.29, 0.717) is 11.4 Å². The molecule has 1 N–H and O–H groups in total. The normalized spacial score (nSPS) is 14.4. The number of halogens is 1. The second-order valence-corrected chi connectivity index (χ2v) is 8.16. The van der Waals surface area contributed by atoms with Gasteiger partial charge in [0.15, 0.2) is 0 Å². The summed E-state index contributed by atoms with van der Waals surface area (Å²) in [6.45, 7) is 0. The van der Waals surface area contributed by atoms with Crippen LogP contribution in [-0.2, 0) is 4.79 Å². The van der Waals surface area contributed by atoms with E-state index in [4.69, 9.17) is 4.74 Å². The van der Waals surface area contributed by atoms with Crippen LogP contribution in [0.1, 0.15) is 31.2 Å². The lowest BCUT2D eigenvalue weighted by Gasteiger charge is -2.12. The van der Waals surface area contributed by atoms with E-state index in [-0.39, 0.29) is 23.1 Å². The Bertz CT molecular complexity index is 1250. The number of carbonyl (C=O) groups is 1. The van der Waals surface area contributed by atoms with Gasteiger partial charge in [-0.15, -0.1) is 0 Å². The van der Waals surface area contributed by atoms with Crippen LogP contribution in [0, 0.1) is 11.3 Å². The summed E-state index contributed by atoms with van der Waals surface area (Å²) < 4.78 is 8.11. The van der Waals surface area contributed by atoms with E-state index in [0.717, 1.165) is 30.2 Å². The van der Waals surface area contributed by atoms with Gasteiger partial charge in [-0.3, -0.25) is 14.0 Å². The van der Waals surface area contributed by atoms with E-state index >= 15 is 0 Å². The number of carbonyl (C=O) groups excluding carboxylic acids is 1. The van der Waals surface area contributed by atoms with Crippen molar-refractivity contribution in [3.63, 3.8) is 0 Å². The van der Waals surface area contributed by atoms with Gasteiger partial charge >= 0.3 is 0 Å². The Labute approximate surface area is 187 Å². The fourth-order valence-corrected chi connectivity index (χ4v) is 3.79. The number of fused-ring (bicyclic) bond motifs is 1. The standard InChI is InChI=1S/C23H19BrN4O3/c24-16-8-10-18(11-9-16)31-22-19(23(30)28-12-4-3-7-20(28)27-22)13-15(14-25)21(29)26-17-5-1-2-6-17/h3-4,7-13,17H,1-2,5-6H2,(H,26,29). The Morgan fingerprint density at radius 1 is 1.23 bits per heavy atom. The van der Waals surface area contributed by atoms with Crippen molar-refractivity contribution in [2.45, 2.75) is 31.7 Å². The molecule has 0 aliphatic heterocycles. The zero-order valence-corrected chi connectivity index (χ0v) is 18.1. The van der Waals surface area contributed by atoms with E-state index < -0.39 is 11.5 Å². The monoisotopic (exact) mass is 478 g/mol. The minimum absolute atomic E-state index is 0.0277. The number of ether oxygens (including phenoxy) is 1. The Hall–Kier alpha value is -3.44. The lowest BCUT2D eigenvalue weighted by atomic mass is 10.1. The topological polar surface area (TPSA) is 96.5 Å². The number of aromatic nitrogens is 2. The molecule has 8 heteroatoms. The summed E-state index contributed by atoms with van der Waals surface area (Å²) in [5.74, 6) is 0.000403. The van der Waals surface area contributed by atoms with Gasteiger partial charge in [-0.05, 0) is 55.3 Å². The lowest BCUT2D eigenvalue weighted by molar-refractivity contribution is -0.117. The highest BCUT2D eigenvalue weighted by Gasteiger charge is 2.21. The summed E-state index contributed by atoms with van der Waals surface area (Å²) in [7, 11) is 0. The minimum Gasteiger partial charge on any atom is -0.438 e. The molecule has 31 heavy (non-hydrogen) atoms. The predicted octanol–water partition coefficient (Wildman–Crippen LogP) is 4.22. The molecule has 0 unspecified atom stereocenters. The molecule has 1 aromatic carbocycles. The molecule has 156 valence electrons. The van der Waals surface area contributed by atoms with Crippen LogP contribution in [0.3, 0.4) is 0 Å². The first-order chi connectivity index (χ1) is 15.0. The van der Waals surface area contributed by atoms with Crippen LogP contribution >= 0.6 is 15.9 Å². The summed E-state index contributed by atoms with van der Waals surface area (Å²) in [5, 5.41) is 12.5. The van der Waals surface area contributed by atoms with Gasteiger partial charge in [-0.1, -0.05) is 34.8 Å². The quantitative estimate of drug-likeness (QED) is 0.437. The van der Waals surface area contributed by atoms with Crippen molar-refractivity contribution in [2.24, 2.45) is 0 Å². The SMILES string of the molecule is N#CC(=Cc1c(Oc2ccc(Br)cc2)nc2ccccn2c1=O)C(=O)NC1CCCC1. The molecule has 1 fully saturated rings. The highest BCUT2D eigenvalue weighted by atomic mass is 79.9. The third-order valence-corrected chi connectivity index (χ3v) is 5.64. The number of hydrogen-bond donors (Lipinski definition) is 1. The molecule has 1 amide bonds. The van der Waals surface area contributed by atoms with Crippen LogP contribution in [0.25, 0.3) is 11.7 Å². The fraction of sp³-hybridized carbons (Fsp3) is 0.217. The summed E-state index contributed by atoms with van der Waals surface area (Å²) >= 11 is 3.37. The Morgan fingerprint density at radius 3 is 2.68 bits per heavy atom. The van der Waals surface area contributed by atoms with Crippen molar-refractivity contribution in [1.82, 2.24) is 14.7 Å². The first kappa shape index (κ1) is 20.8. The van der Waals surface area contributed by atoms with Crippen LogP contribution in [0.4, 0.5) is 0 Å². The van der Waals surface area contributed by atoms with E-state index in [1.54, 1.807) is 48.7 Å². The number of nitriles is 1. The van der Waals surface area contributed by atoms with Crippen molar-refractivity contribution >= 4 is 33.6 Å². The molecule has 0 bridgehead atoms. The van der Waals surface area contributed by atoms with Gasteiger partial charge in [-0.2, -0.15) is 10.2 Å². The van der Waals surface area contributed by atoms with Gasteiger partial charge in [0.2, 0.25) is 5.88 Å². The molecule has 1 aliphatic rings. The van der Waals surface area contributed by atoms with Gasteiger partial charge in [0.25, 0.3) is 11.5 Å². The highest BCUT2D eigenvalue weighted by molar-refractivity contribution is 9.10. The number of nitrogens with one attached hydrogen (secondary N) is 1. The second-order valence-electron chi connectivity index (χ2n) is 7.25. The van der Waals surface area contributed by atoms with Crippen molar-refractivity contribution in [1.29, 1.82) is 5.26 Å². The maximum absolute atomic E-state index is 13.2. The summed E-state index contributed by atoms with van der Waals surface area (Å²) in [6.07, 6.45) is 6.73. The number of nitrogens with zero attached hydrogens (tertiary/aromatic N) is 3. The highest BCUT2D eigenvalue weighted by Crippen LogP contribution is 2.25. The molecule has 1 saturated carbocycles. The van der Waals surface area contributed by atoms with Gasteiger partial charge in [0.1, 0.15) is 28.6 Å². The molecule has 4 rings (SSSR count). The van der Waals surface area contributed by atoms with Crippen molar-refractivity contribution in [3.8, 4) is 17.7 Å². The van der Waals surface area contributed by atoms with Crippen LogP contribution in [-0.4, -0.2) is 21.3 Å². The molecule has 0 atom stereocenters. The molecule has 0 spiro atoms. The van der Waals surface area contributed by atoms with E-state index in [9.17, 15) is 14.9 Å². The first-order valence-corrected chi connectivity index (χ1v) is 10.7. The largest absolute Gasteiger partial charge is 0.438 e. The number of amides is 1. The predicted molar refractivity (Wildman–Crippen MR) is 120 cm³/mol. The second kappa shape index (κ2) is 9.14. The molecule has 0 radical (unpaired) electrons. The fourth-order valence-electron chi connectivity index (χ4n) is 3.52. The number of rotatable bonds is 5. The number of benzene rings is 1. The van der Waals surface area contributed by atoms with Gasteiger partial charge in [0.05, 0.1) is 0 Å². The zero-order chi connectivity index (χ0) is 21.8. The molecule has 0 saturated heterocycles. The lowest BCUT2D eigenvalue weighted by Crippen LogP contribution is -2.33. The van der Waals surface area contributed by atoms with Crippen LogP contribution in [0.2, 0.25) is 0 Å². The van der Waals surface area contributed by atoms with Gasteiger partial charge < -0.3 is 10.1 Å². The van der Waals surface area contributed by atoms with Crippen LogP contribution in [0.15, 0.2) is 63.5 Å². The van der Waals surface area contributed by atoms with E-state index in [2.05, 4.69) is 26.2 Å². The van der Waals surface area contributed by atoms with Crippen LogP contribution < -0.4 is 15.6 Å². The maximum atomic E-state index is 13.2. The average molecular weight is 479 g/mol. The number of hydrogen-bond acceptors (Lipinski definition) is 5. The van der Waals surface area contributed by atoms with Crippen molar-refractivity contribution in [2.75, 3.05) is 0 Å². The third kappa shape index (κ3) is 4.67. The molecular weight excluding hydrogens is 460 g/mol. The molecular formula is C23H19BrN4O3. The van der Waals surface area contributed by atoms with Crippen molar-refractivity contribution < 1.29 is 9.53 Å². The summed E-state index contributed by atoms with van der Waals surface area (Å²) in [6, 6.07) is 14.2. The minimum atomic E-state index is -0.499. The van der Waals surface area contributed by atoms with Gasteiger partial charge in [0, 0.05) is 16.7 Å². The Balaban J connectivity index is 1.78. The summed E-state index contributed by atoms with van der Waals surface area (Å²) in [4.78, 5) is 30.2. The number of pyridine rings is 1. The smallest absolute Gasteiger partial charge is 0.269 e. The van der Waals surface area contributed by atoms with Gasteiger partial charge in [-0.25, -0.2) is 0 Å². The van der Waals surface area contributed by atoms with Crippen LogP contribution in [0.5, 0.6) is 11.6 Å². The van der Waals surface area contributed by atoms with E-state index in [1.165, 1.54) is 10.5 Å². The molecule has 3 aromatic rings. The molecule has 7 nitrogen and oxygen atoms in total. The molecule has 1 aliphatic carbocycles. The Kier molecular flexibility index (Phi) is 6.14. The maximum Gasteiger partial charge on any atom is 0.269 e. The zero-order valence-electron chi connectivity index (χ0n) is 16.5. The molecule has 2 heterocycles.